The number of hydrogen-bond donors (Lipinski definition) is 3. The SMILES string of the molecule is CC(C)NC(=O)NC(=O)CNc1cc(F)ccc1F. The second-order valence-corrected chi connectivity index (χ2v) is 4.15. The molecule has 0 aliphatic carbocycles. The van der Waals surface area contributed by atoms with Gasteiger partial charge in [-0.3, -0.25) is 10.1 Å². The molecule has 0 radical (unpaired) electrons. The molecule has 0 spiro atoms. The van der Waals surface area contributed by atoms with Crippen molar-refractivity contribution >= 4 is 17.6 Å². The maximum Gasteiger partial charge on any atom is 0.321 e. The van der Waals surface area contributed by atoms with Crippen LogP contribution in [0.25, 0.3) is 0 Å². The summed E-state index contributed by atoms with van der Waals surface area (Å²) in [4.78, 5) is 22.5. The lowest BCUT2D eigenvalue weighted by Crippen LogP contribution is -2.44. The summed E-state index contributed by atoms with van der Waals surface area (Å²) in [6, 6.07) is 2.09. The van der Waals surface area contributed by atoms with E-state index in [1.165, 1.54) is 0 Å². The Labute approximate surface area is 109 Å². The Balaban J connectivity index is 2.46. The minimum atomic E-state index is -0.680. The van der Waals surface area contributed by atoms with Crippen molar-refractivity contribution in [3.8, 4) is 0 Å². The van der Waals surface area contributed by atoms with E-state index in [1.807, 2.05) is 5.32 Å². The first-order valence-corrected chi connectivity index (χ1v) is 5.67. The zero-order valence-corrected chi connectivity index (χ0v) is 10.6. The minimum absolute atomic E-state index is 0.110. The second kappa shape index (κ2) is 6.67. The second-order valence-electron chi connectivity index (χ2n) is 4.15. The number of benzene rings is 1. The Morgan fingerprint density at radius 3 is 2.58 bits per heavy atom. The Hall–Kier alpha value is -2.18. The van der Waals surface area contributed by atoms with E-state index < -0.39 is 23.6 Å². The highest BCUT2D eigenvalue weighted by atomic mass is 19.1. The summed E-state index contributed by atoms with van der Waals surface area (Å²) >= 11 is 0. The van der Waals surface area contributed by atoms with Crippen LogP contribution in [0.1, 0.15) is 13.8 Å². The molecule has 19 heavy (non-hydrogen) atoms. The smallest absolute Gasteiger partial charge is 0.321 e. The summed E-state index contributed by atoms with van der Waals surface area (Å²) in [7, 11) is 0. The summed E-state index contributed by atoms with van der Waals surface area (Å²) in [5, 5.41) is 6.91. The molecule has 0 unspecified atom stereocenters. The zero-order valence-electron chi connectivity index (χ0n) is 10.6. The van der Waals surface area contributed by atoms with Gasteiger partial charge in [-0.1, -0.05) is 0 Å². The van der Waals surface area contributed by atoms with E-state index in [0.717, 1.165) is 18.2 Å². The third-order valence-electron chi connectivity index (χ3n) is 2.04. The molecule has 0 aliphatic heterocycles. The van der Waals surface area contributed by atoms with Crippen LogP contribution in [0.4, 0.5) is 19.3 Å². The summed E-state index contributed by atoms with van der Waals surface area (Å²) in [6.07, 6.45) is 0. The lowest BCUT2D eigenvalue weighted by molar-refractivity contribution is -0.118. The molecule has 0 saturated carbocycles. The van der Waals surface area contributed by atoms with Crippen LogP contribution in [0.3, 0.4) is 0 Å². The van der Waals surface area contributed by atoms with Crippen molar-refractivity contribution in [3.05, 3.63) is 29.8 Å². The average Bonchev–Trinajstić information content (AvgIpc) is 2.29. The van der Waals surface area contributed by atoms with Crippen LogP contribution >= 0.6 is 0 Å². The van der Waals surface area contributed by atoms with Gasteiger partial charge in [0.05, 0.1) is 12.2 Å². The number of amides is 3. The Bertz CT molecular complexity index is 478. The van der Waals surface area contributed by atoms with Crippen LogP contribution < -0.4 is 16.0 Å². The number of hydrogen-bond acceptors (Lipinski definition) is 3. The fourth-order valence-corrected chi connectivity index (χ4v) is 1.28. The van der Waals surface area contributed by atoms with Gasteiger partial charge in [0.15, 0.2) is 0 Å². The van der Waals surface area contributed by atoms with Gasteiger partial charge in [0.1, 0.15) is 11.6 Å². The third-order valence-corrected chi connectivity index (χ3v) is 2.04. The molecule has 104 valence electrons. The van der Waals surface area contributed by atoms with Crippen LogP contribution in [0.15, 0.2) is 18.2 Å². The van der Waals surface area contributed by atoms with Crippen LogP contribution in [0.2, 0.25) is 0 Å². The zero-order chi connectivity index (χ0) is 14.4. The first-order chi connectivity index (χ1) is 8.88. The molecule has 0 heterocycles. The number of carbonyl (C=O) groups excluding carboxylic acids is 2. The lowest BCUT2D eigenvalue weighted by Gasteiger charge is -2.10. The van der Waals surface area contributed by atoms with Crippen LogP contribution in [-0.4, -0.2) is 24.5 Å². The van der Waals surface area contributed by atoms with E-state index in [1.54, 1.807) is 13.8 Å². The molecule has 1 aromatic carbocycles. The van der Waals surface area contributed by atoms with Gasteiger partial charge >= 0.3 is 6.03 Å². The van der Waals surface area contributed by atoms with E-state index in [9.17, 15) is 18.4 Å². The van der Waals surface area contributed by atoms with E-state index in [4.69, 9.17) is 0 Å². The van der Waals surface area contributed by atoms with E-state index >= 15 is 0 Å². The Kier molecular flexibility index (Phi) is 5.23. The number of nitrogens with one attached hydrogen (secondary N) is 3. The summed E-state index contributed by atoms with van der Waals surface area (Å²) < 4.78 is 26.1. The molecular formula is C12H15F2N3O2. The summed E-state index contributed by atoms with van der Waals surface area (Å²) in [5.41, 5.74) is -0.139. The molecule has 0 fully saturated rings. The van der Waals surface area contributed by atoms with Gasteiger partial charge in [0.25, 0.3) is 0 Å². The van der Waals surface area contributed by atoms with Crippen molar-refractivity contribution in [2.75, 3.05) is 11.9 Å². The number of halogens is 2. The number of urea groups is 1. The number of imide groups is 1. The summed E-state index contributed by atoms with van der Waals surface area (Å²) in [5.74, 6) is -1.95. The molecule has 3 amide bonds. The van der Waals surface area contributed by atoms with Gasteiger partial charge in [0.2, 0.25) is 5.91 Å². The normalized spacial score (nSPS) is 10.2. The average molecular weight is 271 g/mol. The molecule has 0 aromatic heterocycles. The van der Waals surface area contributed by atoms with Gasteiger partial charge in [-0.05, 0) is 32.0 Å². The predicted octanol–water partition coefficient (Wildman–Crippen LogP) is 1.61. The van der Waals surface area contributed by atoms with Crippen molar-refractivity contribution < 1.29 is 18.4 Å². The molecule has 5 nitrogen and oxygen atoms in total. The maximum atomic E-state index is 13.2. The minimum Gasteiger partial charge on any atom is -0.374 e. The summed E-state index contributed by atoms with van der Waals surface area (Å²) in [6.45, 7) is 3.14. The topological polar surface area (TPSA) is 70.2 Å². The van der Waals surface area contributed by atoms with Crippen molar-refractivity contribution in [1.82, 2.24) is 10.6 Å². The molecule has 0 aliphatic rings. The largest absolute Gasteiger partial charge is 0.374 e. The molecule has 3 N–H and O–H groups in total. The van der Waals surface area contributed by atoms with Crippen molar-refractivity contribution in [1.29, 1.82) is 0 Å². The van der Waals surface area contributed by atoms with Crippen LogP contribution in [-0.2, 0) is 4.79 Å². The predicted molar refractivity (Wildman–Crippen MR) is 66.7 cm³/mol. The molecule has 1 rings (SSSR count). The standard InChI is InChI=1S/C12H15F2N3O2/c1-7(2)16-12(19)17-11(18)6-15-10-5-8(13)3-4-9(10)14/h3-5,7,15H,6H2,1-2H3,(H2,16,17,18,19). The monoisotopic (exact) mass is 271 g/mol. The van der Waals surface area contributed by atoms with E-state index in [2.05, 4.69) is 10.6 Å². The van der Waals surface area contributed by atoms with Crippen molar-refractivity contribution in [3.63, 3.8) is 0 Å². The lowest BCUT2D eigenvalue weighted by atomic mass is 10.3. The quantitative estimate of drug-likeness (QED) is 0.779. The van der Waals surface area contributed by atoms with Crippen LogP contribution in [0.5, 0.6) is 0 Å². The van der Waals surface area contributed by atoms with Gasteiger partial charge in [0, 0.05) is 6.04 Å². The van der Waals surface area contributed by atoms with E-state index in [-0.39, 0.29) is 18.3 Å². The first-order valence-electron chi connectivity index (χ1n) is 5.67. The Morgan fingerprint density at radius 2 is 1.95 bits per heavy atom. The molecule has 7 heteroatoms. The number of carbonyl (C=O) groups is 2. The molecule has 1 aromatic rings. The van der Waals surface area contributed by atoms with E-state index in [0.29, 0.717) is 0 Å². The van der Waals surface area contributed by atoms with Crippen LogP contribution in [0, 0.1) is 11.6 Å². The highest BCUT2D eigenvalue weighted by Gasteiger charge is 2.09. The highest BCUT2D eigenvalue weighted by Crippen LogP contribution is 2.14. The van der Waals surface area contributed by atoms with Gasteiger partial charge in [-0.25, -0.2) is 13.6 Å². The maximum absolute atomic E-state index is 13.2. The van der Waals surface area contributed by atoms with Crippen molar-refractivity contribution in [2.45, 2.75) is 19.9 Å². The van der Waals surface area contributed by atoms with Gasteiger partial charge < -0.3 is 10.6 Å². The molecule has 0 atom stereocenters. The number of anilines is 1. The van der Waals surface area contributed by atoms with Gasteiger partial charge in [-0.2, -0.15) is 0 Å². The third kappa shape index (κ3) is 5.33. The van der Waals surface area contributed by atoms with Gasteiger partial charge in [-0.15, -0.1) is 0 Å². The molecule has 0 saturated heterocycles. The molecule has 0 bridgehead atoms. The first kappa shape index (κ1) is 14.9. The highest BCUT2D eigenvalue weighted by molar-refractivity contribution is 5.96. The fraction of sp³-hybridized carbons (Fsp3) is 0.333. The Morgan fingerprint density at radius 1 is 1.26 bits per heavy atom. The molecular weight excluding hydrogens is 256 g/mol. The van der Waals surface area contributed by atoms with Crippen molar-refractivity contribution in [2.24, 2.45) is 0 Å². The number of rotatable bonds is 4. The fourth-order valence-electron chi connectivity index (χ4n) is 1.28.